The van der Waals surface area contributed by atoms with Gasteiger partial charge in [0.15, 0.2) is 0 Å². The summed E-state index contributed by atoms with van der Waals surface area (Å²) in [6.45, 7) is 2.96. The van der Waals surface area contributed by atoms with Crippen molar-refractivity contribution in [3.63, 3.8) is 0 Å². The van der Waals surface area contributed by atoms with E-state index in [9.17, 15) is 13.2 Å². The monoisotopic (exact) mass is 283 g/mol. The van der Waals surface area contributed by atoms with Crippen molar-refractivity contribution in [2.75, 3.05) is 6.54 Å². The molecule has 1 aliphatic heterocycles. The van der Waals surface area contributed by atoms with Gasteiger partial charge in [-0.2, -0.15) is 13.2 Å². The van der Waals surface area contributed by atoms with Crippen molar-refractivity contribution in [1.29, 1.82) is 0 Å². The van der Waals surface area contributed by atoms with Gasteiger partial charge in [-0.15, -0.1) is 0 Å². The minimum Gasteiger partial charge on any atom is -0.330 e. The molecule has 0 saturated carbocycles. The summed E-state index contributed by atoms with van der Waals surface area (Å²) in [5.74, 6) is 0.796. The molecule has 1 aliphatic rings. The van der Waals surface area contributed by atoms with E-state index < -0.39 is 11.7 Å². The fraction of sp³-hybridized carbons (Fsp3) is 0.500. The SMILES string of the molecule is Cn1c(C2(C)CCCN2)nc2cc(C(F)(F)F)ccc21. The van der Waals surface area contributed by atoms with Crippen molar-refractivity contribution in [2.24, 2.45) is 7.05 Å². The smallest absolute Gasteiger partial charge is 0.330 e. The average molecular weight is 283 g/mol. The van der Waals surface area contributed by atoms with Crippen LogP contribution < -0.4 is 5.32 Å². The number of benzene rings is 1. The van der Waals surface area contributed by atoms with Gasteiger partial charge in [-0.1, -0.05) is 0 Å². The fourth-order valence-corrected chi connectivity index (χ4v) is 2.96. The number of halogens is 3. The Labute approximate surface area is 114 Å². The predicted molar refractivity (Wildman–Crippen MR) is 70.3 cm³/mol. The molecule has 0 aliphatic carbocycles. The Hall–Kier alpha value is -1.56. The molecule has 0 bridgehead atoms. The highest BCUT2D eigenvalue weighted by Gasteiger charge is 2.35. The molecule has 1 fully saturated rings. The summed E-state index contributed by atoms with van der Waals surface area (Å²) in [4.78, 5) is 4.44. The van der Waals surface area contributed by atoms with E-state index in [0.717, 1.165) is 42.9 Å². The molecule has 3 nitrogen and oxygen atoms in total. The van der Waals surface area contributed by atoms with Crippen molar-refractivity contribution in [1.82, 2.24) is 14.9 Å². The normalized spacial score (nSPS) is 23.6. The van der Waals surface area contributed by atoms with Crippen LogP contribution in [0.5, 0.6) is 0 Å². The maximum atomic E-state index is 12.8. The van der Waals surface area contributed by atoms with Crippen LogP contribution in [-0.4, -0.2) is 16.1 Å². The van der Waals surface area contributed by atoms with Crippen LogP contribution in [0.4, 0.5) is 13.2 Å². The summed E-state index contributed by atoms with van der Waals surface area (Å²) in [5.41, 5.74) is 0.209. The first-order valence-electron chi connectivity index (χ1n) is 6.60. The van der Waals surface area contributed by atoms with E-state index >= 15 is 0 Å². The largest absolute Gasteiger partial charge is 0.416 e. The molecule has 1 N–H and O–H groups in total. The van der Waals surface area contributed by atoms with E-state index in [1.165, 1.54) is 6.07 Å². The molecule has 0 spiro atoms. The average Bonchev–Trinajstić information content (AvgIpc) is 2.94. The zero-order valence-corrected chi connectivity index (χ0v) is 11.4. The number of alkyl halides is 3. The van der Waals surface area contributed by atoms with E-state index in [0.29, 0.717) is 5.52 Å². The molecule has 20 heavy (non-hydrogen) atoms. The topological polar surface area (TPSA) is 29.9 Å². The Morgan fingerprint density at radius 3 is 2.70 bits per heavy atom. The second-order valence-corrected chi connectivity index (χ2v) is 5.56. The van der Waals surface area contributed by atoms with Gasteiger partial charge < -0.3 is 9.88 Å². The molecule has 0 radical (unpaired) electrons. The highest BCUT2D eigenvalue weighted by atomic mass is 19.4. The molecule has 1 aromatic heterocycles. The van der Waals surface area contributed by atoms with Crippen LogP contribution in [0.3, 0.4) is 0 Å². The highest BCUT2D eigenvalue weighted by Crippen LogP contribution is 2.34. The summed E-state index contributed by atoms with van der Waals surface area (Å²) in [6.07, 6.45) is -2.34. The number of fused-ring (bicyclic) bond motifs is 1. The van der Waals surface area contributed by atoms with Crippen molar-refractivity contribution in [3.05, 3.63) is 29.6 Å². The predicted octanol–water partition coefficient (Wildman–Crippen LogP) is 3.19. The van der Waals surface area contributed by atoms with Crippen LogP contribution in [0.15, 0.2) is 18.2 Å². The van der Waals surface area contributed by atoms with E-state index in [1.54, 1.807) is 0 Å². The van der Waals surface area contributed by atoms with Gasteiger partial charge in [0.1, 0.15) is 5.82 Å². The van der Waals surface area contributed by atoms with Crippen LogP contribution in [0, 0.1) is 0 Å². The minimum atomic E-state index is -4.33. The summed E-state index contributed by atoms with van der Waals surface area (Å²) in [5, 5.41) is 3.39. The third-order valence-corrected chi connectivity index (χ3v) is 4.07. The van der Waals surface area contributed by atoms with Gasteiger partial charge in [0.2, 0.25) is 0 Å². The van der Waals surface area contributed by atoms with Gasteiger partial charge in [-0.3, -0.25) is 0 Å². The second kappa shape index (κ2) is 4.22. The van der Waals surface area contributed by atoms with E-state index in [4.69, 9.17) is 0 Å². The molecule has 2 aromatic rings. The zero-order chi connectivity index (χ0) is 14.5. The lowest BCUT2D eigenvalue weighted by Crippen LogP contribution is -2.35. The molecular formula is C14H16F3N3. The Morgan fingerprint density at radius 2 is 2.10 bits per heavy atom. The van der Waals surface area contributed by atoms with Crippen molar-refractivity contribution in [2.45, 2.75) is 31.5 Å². The molecular weight excluding hydrogens is 267 g/mol. The number of nitrogens with one attached hydrogen (secondary N) is 1. The quantitative estimate of drug-likeness (QED) is 0.871. The van der Waals surface area contributed by atoms with Crippen LogP contribution >= 0.6 is 0 Å². The van der Waals surface area contributed by atoms with Gasteiger partial charge in [-0.05, 0) is 44.5 Å². The number of hydrogen-bond acceptors (Lipinski definition) is 2. The highest BCUT2D eigenvalue weighted by molar-refractivity contribution is 5.77. The number of hydrogen-bond donors (Lipinski definition) is 1. The van der Waals surface area contributed by atoms with Gasteiger partial charge in [0, 0.05) is 7.05 Å². The molecule has 1 unspecified atom stereocenters. The van der Waals surface area contributed by atoms with Crippen LogP contribution in [0.1, 0.15) is 31.2 Å². The lowest BCUT2D eigenvalue weighted by molar-refractivity contribution is -0.137. The van der Waals surface area contributed by atoms with Crippen molar-refractivity contribution in [3.8, 4) is 0 Å². The Bertz CT molecular complexity index is 651. The number of nitrogens with zero attached hydrogens (tertiary/aromatic N) is 2. The van der Waals surface area contributed by atoms with Crippen LogP contribution in [0.25, 0.3) is 11.0 Å². The third kappa shape index (κ3) is 1.98. The summed E-state index contributed by atoms with van der Waals surface area (Å²) >= 11 is 0. The van der Waals surface area contributed by atoms with E-state index in [1.807, 2.05) is 18.5 Å². The maximum Gasteiger partial charge on any atom is 0.416 e. The standard InChI is InChI=1S/C14H16F3N3/c1-13(6-3-7-18-13)12-19-10-8-9(14(15,16)17)4-5-11(10)20(12)2/h4-5,8,18H,3,6-7H2,1-2H3. The summed E-state index contributed by atoms with van der Waals surface area (Å²) in [7, 11) is 1.85. The minimum absolute atomic E-state index is 0.258. The molecule has 3 rings (SSSR count). The molecule has 1 aromatic carbocycles. The molecule has 1 atom stereocenters. The Kier molecular flexibility index (Phi) is 2.83. The lowest BCUT2D eigenvalue weighted by Gasteiger charge is -2.23. The van der Waals surface area contributed by atoms with E-state index in [2.05, 4.69) is 10.3 Å². The van der Waals surface area contributed by atoms with E-state index in [-0.39, 0.29) is 5.54 Å². The first-order chi connectivity index (χ1) is 9.31. The van der Waals surface area contributed by atoms with Crippen molar-refractivity contribution >= 4 is 11.0 Å². The number of imidazole rings is 1. The summed E-state index contributed by atoms with van der Waals surface area (Å²) in [6, 6.07) is 3.72. The fourth-order valence-electron chi connectivity index (χ4n) is 2.96. The first kappa shape index (κ1) is 13.4. The molecule has 108 valence electrons. The Morgan fingerprint density at radius 1 is 1.35 bits per heavy atom. The molecule has 1 saturated heterocycles. The van der Waals surface area contributed by atoms with Gasteiger partial charge in [-0.25, -0.2) is 4.98 Å². The summed E-state index contributed by atoms with van der Waals surface area (Å²) < 4.78 is 40.1. The lowest BCUT2D eigenvalue weighted by atomic mass is 9.99. The van der Waals surface area contributed by atoms with Gasteiger partial charge in [0.05, 0.1) is 22.1 Å². The maximum absolute atomic E-state index is 12.8. The van der Waals surface area contributed by atoms with Gasteiger partial charge in [0.25, 0.3) is 0 Å². The van der Waals surface area contributed by atoms with Crippen molar-refractivity contribution < 1.29 is 13.2 Å². The Balaban J connectivity index is 2.15. The van der Waals surface area contributed by atoms with Gasteiger partial charge >= 0.3 is 6.18 Å². The molecule has 2 heterocycles. The number of aromatic nitrogens is 2. The number of aryl methyl sites for hydroxylation is 1. The van der Waals surface area contributed by atoms with Crippen LogP contribution in [-0.2, 0) is 18.8 Å². The number of rotatable bonds is 1. The zero-order valence-electron chi connectivity index (χ0n) is 11.4. The molecule has 0 amide bonds. The molecule has 6 heteroatoms. The second-order valence-electron chi connectivity index (χ2n) is 5.56. The van der Waals surface area contributed by atoms with Crippen LogP contribution in [0.2, 0.25) is 0 Å². The first-order valence-corrected chi connectivity index (χ1v) is 6.60. The third-order valence-electron chi connectivity index (χ3n) is 4.07.